The third kappa shape index (κ3) is 5.16. The zero-order chi connectivity index (χ0) is 13.1. The molecule has 0 saturated heterocycles. The fourth-order valence-electron chi connectivity index (χ4n) is 1.06. The van der Waals surface area contributed by atoms with Crippen molar-refractivity contribution in [2.75, 3.05) is 5.32 Å². The van der Waals surface area contributed by atoms with Crippen LogP contribution < -0.4 is 5.32 Å². The van der Waals surface area contributed by atoms with Gasteiger partial charge < -0.3 is 5.32 Å². The summed E-state index contributed by atoms with van der Waals surface area (Å²) in [4.78, 5) is 11.1. The Hall–Kier alpha value is -1.11. The van der Waals surface area contributed by atoms with E-state index in [2.05, 4.69) is 21.2 Å². The highest BCUT2D eigenvalue weighted by atomic mass is 79.9. The minimum atomic E-state index is -4.39. The number of amides is 1. The average Bonchev–Trinajstić information content (AvgIpc) is 2.18. The number of benzene rings is 1. The lowest BCUT2D eigenvalue weighted by molar-refractivity contribution is -0.142. The van der Waals surface area contributed by atoms with Crippen molar-refractivity contribution in [3.63, 3.8) is 0 Å². The second kappa shape index (κ2) is 5.48. The van der Waals surface area contributed by atoms with E-state index in [9.17, 15) is 22.4 Å². The number of nitrogens with one attached hydrogen (secondary N) is 1. The topological polar surface area (TPSA) is 29.1 Å². The third-order valence-corrected chi connectivity index (χ3v) is 2.33. The van der Waals surface area contributed by atoms with Crippen molar-refractivity contribution in [2.24, 2.45) is 0 Å². The summed E-state index contributed by atoms with van der Waals surface area (Å²) in [6, 6.07) is 3.85. The molecule has 1 aromatic carbocycles. The molecule has 0 spiro atoms. The van der Waals surface area contributed by atoms with Crippen molar-refractivity contribution in [3.8, 4) is 0 Å². The molecule has 0 aliphatic heterocycles. The molecule has 1 N–H and O–H groups in total. The smallest absolute Gasteiger partial charge is 0.324 e. The molecule has 7 heteroatoms. The molecular formula is C10H8BrF4NO. The van der Waals surface area contributed by atoms with Gasteiger partial charge in [0.15, 0.2) is 0 Å². The van der Waals surface area contributed by atoms with E-state index in [4.69, 9.17) is 0 Å². The summed E-state index contributed by atoms with van der Waals surface area (Å²) in [7, 11) is 0. The van der Waals surface area contributed by atoms with Gasteiger partial charge in [-0.25, -0.2) is 4.39 Å². The number of rotatable bonds is 3. The summed E-state index contributed by atoms with van der Waals surface area (Å²) >= 11 is 3.02. The molecule has 0 heterocycles. The minimum absolute atomic E-state index is 0.139. The first-order valence-corrected chi connectivity index (χ1v) is 5.39. The molecular weight excluding hydrogens is 306 g/mol. The standard InChI is InChI=1S/C10H8BrF4NO/c11-6-1-2-8(7(12)5-6)16-9(17)3-4-10(13,14)15/h1-2,5H,3-4H2,(H,16,17). The maximum atomic E-state index is 13.2. The summed E-state index contributed by atoms with van der Waals surface area (Å²) in [6.45, 7) is 0. The van der Waals surface area contributed by atoms with E-state index in [1.165, 1.54) is 12.1 Å². The lowest BCUT2D eigenvalue weighted by Crippen LogP contribution is -2.17. The maximum Gasteiger partial charge on any atom is 0.389 e. The van der Waals surface area contributed by atoms with Gasteiger partial charge in [-0.2, -0.15) is 13.2 Å². The van der Waals surface area contributed by atoms with Crippen molar-refractivity contribution < 1.29 is 22.4 Å². The number of carbonyl (C=O) groups is 1. The maximum absolute atomic E-state index is 13.2. The molecule has 0 aromatic heterocycles. The lowest BCUT2D eigenvalue weighted by Gasteiger charge is -2.08. The number of halogens is 5. The summed E-state index contributed by atoms with van der Waals surface area (Å²) in [5, 5.41) is 2.08. The molecule has 2 nitrogen and oxygen atoms in total. The second-order valence-electron chi connectivity index (χ2n) is 3.29. The Labute approximate surface area is 103 Å². The molecule has 0 unspecified atom stereocenters. The van der Waals surface area contributed by atoms with Gasteiger partial charge in [-0.05, 0) is 18.2 Å². The Morgan fingerprint density at radius 2 is 2.00 bits per heavy atom. The Balaban J connectivity index is 2.57. The zero-order valence-corrected chi connectivity index (χ0v) is 10.0. The van der Waals surface area contributed by atoms with E-state index < -0.39 is 30.7 Å². The monoisotopic (exact) mass is 313 g/mol. The Bertz CT molecular complexity index is 419. The van der Waals surface area contributed by atoms with Gasteiger partial charge >= 0.3 is 6.18 Å². The van der Waals surface area contributed by atoms with Crippen LogP contribution in [-0.2, 0) is 4.79 Å². The molecule has 0 aliphatic rings. The summed E-state index contributed by atoms with van der Waals surface area (Å²) in [5.41, 5.74) is -0.139. The number of carbonyl (C=O) groups excluding carboxylic acids is 1. The summed E-state index contributed by atoms with van der Waals surface area (Å²) < 4.78 is 49.2. The first-order valence-electron chi connectivity index (χ1n) is 4.59. The molecule has 1 aromatic rings. The van der Waals surface area contributed by atoms with Gasteiger partial charge in [0.25, 0.3) is 0 Å². The predicted molar refractivity (Wildman–Crippen MR) is 58.0 cm³/mol. The van der Waals surface area contributed by atoms with E-state index >= 15 is 0 Å². The Kier molecular flexibility index (Phi) is 4.50. The minimum Gasteiger partial charge on any atom is -0.324 e. The predicted octanol–water partition coefficient (Wildman–Crippen LogP) is 3.87. The van der Waals surface area contributed by atoms with Crippen molar-refractivity contribution in [2.45, 2.75) is 19.0 Å². The van der Waals surface area contributed by atoms with Gasteiger partial charge in [-0.1, -0.05) is 15.9 Å². The van der Waals surface area contributed by atoms with Crippen LogP contribution in [0, 0.1) is 5.82 Å². The van der Waals surface area contributed by atoms with Gasteiger partial charge in [0.1, 0.15) is 5.82 Å². The fourth-order valence-corrected chi connectivity index (χ4v) is 1.39. The molecule has 0 saturated carbocycles. The molecule has 0 radical (unpaired) electrons. The molecule has 0 bridgehead atoms. The van der Waals surface area contributed by atoms with Crippen LogP contribution in [0.5, 0.6) is 0 Å². The highest BCUT2D eigenvalue weighted by Gasteiger charge is 2.27. The molecule has 94 valence electrons. The van der Waals surface area contributed by atoms with E-state index in [1.54, 1.807) is 0 Å². The lowest BCUT2D eigenvalue weighted by atomic mass is 10.2. The van der Waals surface area contributed by atoms with Crippen molar-refractivity contribution in [3.05, 3.63) is 28.5 Å². The Morgan fingerprint density at radius 1 is 1.35 bits per heavy atom. The van der Waals surface area contributed by atoms with E-state index in [1.807, 2.05) is 0 Å². The summed E-state index contributed by atoms with van der Waals surface area (Å²) in [5.74, 6) is -1.58. The molecule has 17 heavy (non-hydrogen) atoms. The molecule has 0 atom stereocenters. The van der Waals surface area contributed by atoms with Crippen LogP contribution in [0.25, 0.3) is 0 Å². The highest BCUT2D eigenvalue weighted by Crippen LogP contribution is 2.23. The number of alkyl halides is 3. The normalized spacial score (nSPS) is 11.4. The number of hydrogen-bond donors (Lipinski definition) is 1. The van der Waals surface area contributed by atoms with Crippen LogP contribution in [0.4, 0.5) is 23.2 Å². The van der Waals surface area contributed by atoms with Crippen LogP contribution >= 0.6 is 15.9 Å². The Morgan fingerprint density at radius 3 is 2.53 bits per heavy atom. The van der Waals surface area contributed by atoms with Crippen molar-refractivity contribution in [1.82, 2.24) is 0 Å². The first-order chi connectivity index (χ1) is 7.78. The van der Waals surface area contributed by atoms with Crippen LogP contribution in [0.3, 0.4) is 0 Å². The van der Waals surface area contributed by atoms with E-state index in [0.717, 1.165) is 6.07 Å². The van der Waals surface area contributed by atoms with Crippen LogP contribution in [-0.4, -0.2) is 12.1 Å². The highest BCUT2D eigenvalue weighted by molar-refractivity contribution is 9.10. The third-order valence-electron chi connectivity index (χ3n) is 1.84. The van der Waals surface area contributed by atoms with E-state index in [0.29, 0.717) is 4.47 Å². The first kappa shape index (κ1) is 14.0. The van der Waals surface area contributed by atoms with Crippen LogP contribution in [0.15, 0.2) is 22.7 Å². The largest absolute Gasteiger partial charge is 0.389 e. The van der Waals surface area contributed by atoms with Crippen molar-refractivity contribution >= 4 is 27.5 Å². The van der Waals surface area contributed by atoms with Gasteiger partial charge in [0.05, 0.1) is 12.1 Å². The van der Waals surface area contributed by atoms with Crippen LogP contribution in [0.1, 0.15) is 12.8 Å². The molecule has 1 amide bonds. The van der Waals surface area contributed by atoms with Gasteiger partial charge in [-0.15, -0.1) is 0 Å². The summed E-state index contributed by atoms with van der Waals surface area (Å²) in [6.07, 6.45) is -6.34. The van der Waals surface area contributed by atoms with Crippen molar-refractivity contribution in [1.29, 1.82) is 0 Å². The zero-order valence-electron chi connectivity index (χ0n) is 8.44. The number of anilines is 1. The average molecular weight is 314 g/mol. The quantitative estimate of drug-likeness (QED) is 0.843. The fraction of sp³-hybridized carbons (Fsp3) is 0.300. The van der Waals surface area contributed by atoms with Crippen LogP contribution in [0.2, 0.25) is 0 Å². The molecule has 0 aliphatic carbocycles. The molecule has 1 rings (SSSR count). The molecule has 0 fully saturated rings. The van der Waals surface area contributed by atoms with Gasteiger partial charge in [0, 0.05) is 10.9 Å². The second-order valence-corrected chi connectivity index (χ2v) is 4.20. The van der Waals surface area contributed by atoms with Gasteiger partial charge in [0.2, 0.25) is 5.91 Å². The van der Waals surface area contributed by atoms with E-state index in [-0.39, 0.29) is 5.69 Å². The SMILES string of the molecule is O=C(CCC(F)(F)F)Nc1ccc(Br)cc1F. The van der Waals surface area contributed by atoms with Gasteiger partial charge in [-0.3, -0.25) is 4.79 Å². The number of hydrogen-bond acceptors (Lipinski definition) is 1.